The zero-order valence-corrected chi connectivity index (χ0v) is 15.7. The van der Waals surface area contributed by atoms with Crippen molar-refractivity contribution in [3.63, 3.8) is 0 Å². The first-order valence-electron chi connectivity index (χ1n) is 7.75. The molecule has 3 rings (SSSR count). The van der Waals surface area contributed by atoms with Gasteiger partial charge in [0, 0.05) is 9.92 Å². The molecule has 2 aromatic carbocycles. The van der Waals surface area contributed by atoms with E-state index in [1.165, 1.54) is 17.3 Å². The third kappa shape index (κ3) is 4.76. The van der Waals surface area contributed by atoms with E-state index in [0.29, 0.717) is 5.02 Å². The van der Waals surface area contributed by atoms with Gasteiger partial charge in [-0.3, -0.25) is 10.2 Å². The summed E-state index contributed by atoms with van der Waals surface area (Å²) < 4.78 is 24.6. The second kappa shape index (κ2) is 7.78. The topological polar surface area (TPSA) is 75.3 Å². The predicted molar refractivity (Wildman–Crippen MR) is 99.1 cm³/mol. The molecule has 0 spiro atoms. The number of carbonyl (C=O) groups excluding carboxylic acids is 1. The Kier molecular flexibility index (Phi) is 5.68. The number of hydrazine groups is 1. The Labute approximate surface area is 156 Å². The van der Waals surface area contributed by atoms with Crippen molar-refractivity contribution in [1.82, 2.24) is 10.3 Å². The van der Waals surface area contributed by atoms with Crippen LogP contribution < -0.4 is 10.3 Å². The predicted octanol–water partition coefficient (Wildman–Crippen LogP) is 2.93. The zero-order chi connectivity index (χ0) is 17.9. The first kappa shape index (κ1) is 18.3. The molecule has 0 fully saturated rings. The van der Waals surface area contributed by atoms with Crippen molar-refractivity contribution in [3.8, 4) is 0 Å². The Bertz CT molecular complexity index is 883. The number of thioether (sulfide) groups is 1. The van der Waals surface area contributed by atoms with Gasteiger partial charge in [0.05, 0.1) is 10.6 Å². The zero-order valence-electron chi connectivity index (χ0n) is 13.3. The van der Waals surface area contributed by atoms with E-state index < -0.39 is 15.9 Å². The van der Waals surface area contributed by atoms with Crippen LogP contribution >= 0.6 is 23.4 Å². The normalized spacial score (nSPS) is 13.5. The fourth-order valence-corrected chi connectivity index (χ4v) is 4.35. The Hall–Kier alpha value is -1.54. The fourth-order valence-electron chi connectivity index (χ4n) is 2.61. The van der Waals surface area contributed by atoms with Gasteiger partial charge in [0.1, 0.15) is 0 Å². The van der Waals surface area contributed by atoms with Gasteiger partial charge in [0.15, 0.2) is 0 Å². The summed E-state index contributed by atoms with van der Waals surface area (Å²) in [6, 6.07) is 12.2. The van der Waals surface area contributed by atoms with Gasteiger partial charge in [-0.05, 0) is 66.8 Å². The van der Waals surface area contributed by atoms with Crippen LogP contribution in [0.25, 0.3) is 0 Å². The second-order valence-corrected chi connectivity index (χ2v) is 8.85. The van der Waals surface area contributed by atoms with E-state index >= 15 is 0 Å². The molecule has 8 heteroatoms. The number of nitrogens with one attached hydrogen (secondary N) is 2. The first-order valence-corrected chi connectivity index (χ1v) is 10.6. The maximum Gasteiger partial charge on any atom is 0.257 e. The number of rotatable bonds is 6. The molecule has 0 radical (unpaired) electrons. The highest BCUT2D eigenvalue weighted by atomic mass is 35.5. The number of fused-ring (bicyclic) bond motifs is 1. The van der Waals surface area contributed by atoms with Gasteiger partial charge in [-0.1, -0.05) is 17.7 Å². The number of aryl methyl sites for hydroxylation is 2. The van der Waals surface area contributed by atoms with Crippen molar-refractivity contribution in [2.75, 3.05) is 5.75 Å². The van der Waals surface area contributed by atoms with Gasteiger partial charge in [0.2, 0.25) is 5.91 Å². The Morgan fingerprint density at radius 3 is 2.56 bits per heavy atom. The maximum absolute atomic E-state index is 12.3. The van der Waals surface area contributed by atoms with E-state index in [-0.39, 0.29) is 10.6 Å². The Morgan fingerprint density at radius 1 is 1.08 bits per heavy atom. The standard InChI is InChI=1S/C17H17ClN2O3S2/c18-14-5-7-15(8-6-14)24-11-17(21)19-20-25(22,23)16-9-4-12-2-1-3-13(12)10-16/h4-10,20H,1-3,11H2,(H,19,21). The lowest BCUT2D eigenvalue weighted by molar-refractivity contribution is -0.119. The molecule has 1 aliphatic rings. The highest BCUT2D eigenvalue weighted by molar-refractivity contribution is 8.00. The van der Waals surface area contributed by atoms with Gasteiger partial charge < -0.3 is 0 Å². The van der Waals surface area contributed by atoms with Crippen molar-refractivity contribution in [1.29, 1.82) is 0 Å². The number of carbonyl (C=O) groups is 1. The van der Waals surface area contributed by atoms with E-state index in [4.69, 9.17) is 11.6 Å². The van der Waals surface area contributed by atoms with Crippen molar-refractivity contribution in [3.05, 3.63) is 58.6 Å². The number of halogens is 1. The number of amides is 1. The SMILES string of the molecule is O=C(CSc1ccc(Cl)cc1)NNS(=O)(=O)c1ccc2c(c1)CCC2. The Morgan fingerprint density at radius 2 is 1.80 bits per heavy atom. The van der Waals surface area contributed by atoms with Gasteiger partial charge in [-0.2, -0.15) is 0 Å². The molecule has 1 amide bonds. The van der Waals surface area contributed by atoms with E-state index in [9.17, 15) is 13.2 Å². The molecular weight excluding hydrogens is 380 g/mol. The molecule has 1 aliphatic carbocycles. The molecule has 5 nitrogen and oxygen atoms in total. The lowest BCUT2D eigenvalue weighted by atomic mass is 10.1. The quantitative estimate of drug-likeness (QED) is 0.581. The number of sulfonamides is 1. The molecule has 0 atom stereocenters. The number of benzene rings is 2. The van der Waals surface area contributed by atoms with E-state index in [0.717, 1.165) is 29.7 Å². The molecule has 0 heterocycles. The van der Waals surface area contributed by atoms with Crippen LogP contribution in [0.5, 0.6) is 0 Å². The minimum atomic E-state index is -3.77. The third-order valence-corrected chi connectivity index (χ3v) is 6.40. The summed E-state index contributed by atoms with van der Waals surface area (Å²) >= 11 is 7.10. The molecule has 2 N–H and O–H groups in total. The van der Waals surface area contributed by atoms with Gasteiger partial charge in [-0.25, -0.2) is 8.42 Å². The van der Waals surface area contributed by atoms with Gasteiger partial charge >= 0.3 is 0 Å². The molecule has 25 heavy (non-hydrogen) atoms. The summed E-state index contributed by atoms with van der Waals surface area (Å²) in [7, 11) is -3.77. The monoisotopic (exact) mass is 396 g/mol. The van der Waals surface area contributed by atoms with E-state index in [2.05, 4.69) is 10.3 Å². The summed E-state index contributed by atoms with van der Waals surface area (Å²) in [5.74, 6) is -0.335. The van der Waals surface area contributed by atoms with Crippen molar-refractivity contribution in [2.24, 2.45) is 0 Å². The maximum atomic E-state index is 12.3. The first-order chi connectivity index (χ1) is 11.9. The number of hydrogen-bond acceptors (Lipinski definition) is 4. The summed E-state index contributed by atoms with van der Waals surface area (Å²) in [5.41, 5.74) is 4.51. The molecule has 0 bridgehead atoms. The third-order valence-electron chi connectivity index (χ3n) is 3.89. The lowest BCUT2D eigenvalue weighted by Gasteiger charge is -2.10. The van der Waals surface area contributed by atoms with Crippen molar-refractivity contribution in [2.45, 2.75) is 29.1 Å². The van der Waals surface area contributed by atoms with Crippen molar-refractivity contribution >= 4 is 39.3 Å². The van der Waals surface area contributed by atoms with E-state index in [1.807, 2.05) is 6.07 Å². The minimum Gasteiger partial charge on any atom is -0.277 e. The highest BCUT2D eigenvalue weighted by Crippen LogP contribution is 2.24. The van der Waals surface area contributed by atoms with Crippen LogP contribution in [0.15, 0.2) is 52.3 Å². The number of hydrogen-bond donors (Lipinski definition) is 2. The van der Waals surface area contributed by atoms with Crippen LogP contribution in [0.1, 0.15) is 17.5 Å². The van der Waals surface area contributed by atoms with Crippen LogP contribution in [0.2, 0.25) is 5.02 Å². The molecule has 2 aromatic rings. The lowest BCUT2D eigenvalue weighted by Crippen LogP contribution is -2.42. The largest absolute Gasteiger partial charge is 0.277 e. The van der Waals surface area contributed by atoms with Crippen LogP contribution in [0.3, 0.4) is 0 Å². The molecule has 0 saturated heterocycles. The molecule has 0 aromatic heterocycles. The average Bonchev–Trinajstić information content (AvgIpc) is 3.07. The molecule has 132 valence electrons. The van der Waals surface area contributed by atoms with Crippen molar-refractivity contribution < 1.29 is 13.2 Å². The smallest absolute Gasteiger partial charge is 0.257 e. The fraction of sp³-hybridized carbons (Fsp3) is 0.235. The molecule has 0 saturated carbocycles. The van der Waals surface area contributed by atoms with Crippen LogP contribution in [-0.4, -0.2) is 20.1 Å². The average molecular weight is 397 g/mol. The minimum absolute atomic E-state index is 0.0916. The summed E-state index contributed by atoms with van der Waals surface area (Å²) in [5, 5.41) is 0.621. The second-order valence-electron chi connectivity index (χ2n) is 5.68. The molecular formula is C17H17ClN2O3S2. The van der Waals surface area contributed by atoms with Crippen LogP contribution in [-0.2, 0) is 27.7 Å². The van der Waals surface area contributed by atoms with Crippen LogP contribution in [0.4, 0.5) is 0 Å². The summed E-state index contributed by atoms with van der Waals surface area (Å²) in [6.45, 7) is 0. The van der Waals surface area contributed by atoms with E-state index in [1.54, 1.807) is 36.4 Å². The summed E-state index contributed by atoms with van der Waals surface area (Å²) in [4.78, 5) is 15.1. The van der Waals surface area contributed by atoms with Gasteiger partial charge in [-0.15, -0.1) is 16.6 Å². The highest BCUT2D eigenvalue weighted by Gasteiger charge is 2.19. The van der Waals surface area contributed by atoms with Crippen LogP contribution in [0, 0.1) is 0 Å². The summed E-state index contributed by atoms with van der Waals surface area (Å²) in [6.07, 6.45) is 2.93. The molecule has 0 unspecified atom stereocenters. The molecule has 0 aliphatic heterocycles. The Balaban J connectivity index is 1.54. The van der Waals surface area contributed by atoms with Gasteiger partial charge in [0.25, 0.3) is 10.0 Å².